The molecule has 3 rings (SSSR count). The summed E-state index contributed by atoms with van der Waals surface area (Å²) in [4.78, 5) is 11.8. The van der Waals surface area contributed by atoms with Gasteiger partial charge in [0.1, 0.15) is 17.4 Å². The molecule has 1 fully saturated rings. The predicted molar refractivity (Wildman–Crippen MR) is 71.1 cm³/mol. The fourth-order valence-corrected chi connectivity index (χ4v) is 2.81. The zero-order chi connectivity index (χ0) is 14.5. The fraction of sp³-hybridized carbons (Fsp3) is 0.467. The number of nitrogens with zero attached hydrogens (tertiary/aromatic N) is 1. The van der Waals surface area contributed by atoms with Gasteiger partial charge in [0.05, 0.1) is 17.7 Å². The number of esters is 1. The van der Waals surface area contributed by atoms with Gasteiger partial charge in [-0.25, -0.2) is 0 Å². The molecule has 1 saturated heterocycles. The third kappa shape index (κ3) is 1.84. The van der Waals surface area contributed by atoms with E-state index in [1.165, 1.54) is 0 Å². The van der Waals surface area contributed by atoms with Gasteiger partial charge in [-0.15, -0.1) is 0 Å². The molecule has 2 aliphatic rings. The average Bonchev–Trinajstić information content (AvgIpc) is 2.40. The third-order valence-corrected chi connectivity index (χ3v) is 3.86. The number of hydrogen-bond donors (Lipinski definition) is 1. The van der Waals surface area contributed by atoms with Crippen LogP contribution in [0.4, 0.5) is 0 Å². The lowest BCUT2D eigenvalue weighted by Gasteiger charge is -2.47. The number of rotatable bonds is 0. The number of fused-ring (bicyclic) bond motifs is 3. The number of ether oxygens (including phenoxy) is 2. The molecule has 1 aromatic rings. The van der Waals surface area contributed by atoms with E-state index in [4.69, 9.17) is 14.7 Å². The number of nitriles is 1. The van der Waals surface area contributed by atoms with Crippen molar-refractivity contribution in [3.63, 3.8) is 0 Å². The summed E-state index contributed by atoms with van der Waals surface area (Å²) >= 11 is 0. The Bertz CT molecular complexity index is 618. The van der Waals surface area contributed by atoms with Crippen LogP contribution in [-0.4, -0.2) is 23.7 Å². The molecule has 2 heterocycles. The van der Waals surface area contributed by atoms with Gasteiger partial charge in [0.25, 0.3) is 0 Å². The van der Waals surface area contributed by atoms with Crippen molar-refractivity contribution in [2.45, 2.75) is 44.6 Å². The highest BCUT2D eigenvalue weighted by atomic mass is 16.6. The molecule has 20 heavy (non-hydrogen) atoms. The molecule has 104 valence electrons. The van der Waals surface area contributed by atoms with Crippen LogP contribution in [0.1, 0.15) is 37.9 Å². The second-order valence-electron chi connectivity index (χ2n) is 5.79. The molecule has 0 radical (unpaired) electrons. The Hall–Kier alpha value is -2.06. The first-order valence-electron chi connectivity index (χ1n) is 6.62. The maximum absolute atomic E-state index is 11.8. The molecule has 0 aliphatic carbocycles. The van der Waals surface area contributed by atoms with Crippen LogP contribution in [0.5, 0.6) is 5.75 Å². The van der Waals surface area contributed by atoms with E-state index in [1.807, 2.05) is 13.8 Å². The summed E-state index contributed by atoms with van der Waals surface area (Å²) in [5.74, 6) is 0.454. The van der Waals surface area contributed by atoms with Crippen LogP contribution in [0.25, 0.3) is 0 Å². The number of benzene rings is 1. The summed E-state index contributed by atoms with van der Waals surface area (Å²) in [6, 6.07) is 6.92. The maximum atomic E-state index is 11.8. The molecule has 0 saturated carbocycles. The molecule has 3 atom stereocenters. The molecule has 5 nitrogen and oxygen atoms in total. The predicted octanol–water partition coefficient (Wildman–Crippen LogP) is 1.67. The minimum absolute atomic E-state index is 0.158. The van der Waals surface area contributed by atoms with Crippen LogP contribution in [0.2, 0.25) is 0 Å². The summed E-state index contributed by atoms with van der Waals surface area (Å²) in [6.45, 7) is 5.57. The lowest BCUT2D eigenvalue weighted by Crippen LogP contribution is -2.61. The molecule has 0 amide bonds. The lowest BCUT2D eigenvalue weighted by atomic mass is 9.84. The summed E-state index contributed by atoms with van der Waals surface area (Å²) in [5.41, 5.74) is 0.819. The Balaban J connectivity index is 2.10. The van der Waals surface area contributed by atoms with Crippen molar-refractivity contribution in [2.24, 2.45) is 0 Å². The second-order valence-corrected chi connectivity index (χ2v) is 5.79. The zero-order valence-electron chi connectivity index (χ0n) is 11.6. The SMILES string of the molecule is C[C@@H]1N[C@@H]2c3cc(C#N)ccc3OC(C)(C)[C@H]2OC1=O. The molecular weight excluding hydrogens is 256 g/mol. The summed E-state index contributed by atoms with van der Waals surface area (Å²) in [6.07, 6.45) is -0.410. The van der Waals surface area contributed by atoms with E-state index in [9.17, 15) is 4.79 Å². The number of carbonyl (C=O) groups is 1. The normalized spacial score (nSPS) is 30.3. The van der Waals surface area contributed by atoms with Gasteiger partial charge in [0, 0.05) is 5.56 Å². The van der Waals surface area contributed by atoms with E-state index in [-0.39, 0.29) is 18.1 Å². The maximum Gasteiger partial charge on any atom is 0.323 e. The van der Waals surface area contributed by atoms with Gasteiger partial charge in [0.15, 0.2) is 6.10 Å². The van der Waals surface area contributed by atoms with E-state index in [2.05, 4.69) is 11.4 Å². The van der Waals surface area contributed by atoms with Gasteiger partial charge < -0.3 is 9.47 Å². The van der Waals surface area contributed by atoms with E-state index in [1.54, 1.807) is 25.1 Å². The first kappa shape index (κ1) is 12.9. The Morgan fingerprint density at radius 2 is 2.15 bits per heavy atom. The van der Waals surface area contributed by atoms with E-state index < -0.39 is 11.7 Å². The zero-order valence-corrected chi connectivity index (χ0v) is 11.6. The second kappa shape index (κ2) is 4.22. The van der Waals surface area contributed by atoms with Crippen molar-refractivity contribution in [2.75, 3.05) is 0 Å². The van der Waals surface area contributed by atoms with Gasteiger partial charge in [-0.1, -0.05) is 0 Å². The van der Waals surface area contributed by atoms with Gasteiger partial charge >= 0.3 is 5.97 Å². The Morgan fingerprint density at radius 1 is 1.40 bits per heavy atom. The van der Waals surface area contributed by atoms with Gasteiger partial charge in [-0.3, -0.25) is 10.1 Å². The Kier molecular flexibility index (Phi) is 2.73. The average molecular weight is 272 g/mol. The van der Waals surface area contributed by atoms with Crippen LogP contribution in [0.3, 0.4) is 0 Å². The molecular formula is C15H16N2O3. The van der Waals surface area contributed by atoms with Gasteiger partial charge in [0.2, 0.25) is 0 Å². The van der Waals surface area contributed by atoms with Crippen LogP contribution in [0.15, 0.2) is 18.2 Å². The van der Waals surface area contributed by atoms with Crippen molar-refractivity contribution in [1.82, 2.24) is 5.32 Å². The van der Waals surface area contributed by atoms with Gasteiger partial charge in [-0.2, -0.15) is 5.26 Å². The highest BCUT2D eigenvalue weighted by Gasteiger charge is 2.50. The Morgan fingerprint density at radius 3 is 2.85 bits per heavy atom. The van der Waals surface area contributed by atoms with Crippen molar-refractivity contribution in [3.05, 3.63) is 29.3 Å². The monoisotopic (exact) mass is 272 g/mol. The van der Waals surface area contributed by atoms with Gasteiger partial charge in [-0.05, 0) is 39.0 Å². The van der Waals surface area contributed by atoms with E-state index >= 15 is 0 Å². The summed E-state index contributed by atoms with van der Waals surface area (Å²) < 4.78 is 11.5. The molecule has 5 heteroatoms. The molecule has 0 bridgehead atoms. The Labute approximate surface area is 117 Å². The van der Waals surface area contributed by atoms with Crippen molar-refractivity contribution < 1.29 is 14.3 Å². The molecule has 1 N–H and O–H groups in total. The third-order valence-electron chi connectivity index (χ3n) is 3.86. The minimum Gasteiger partial charge on any atom is -0.484 e. The first-order valence-corrected chi connectivity index (χ1v) is 6.62. The first-order chi connectivity index (χ1) is 9.42. The minimum atomic E-state index is -0.616. The number of morpholine rings is 1. The number of nitrogens with one attached hydrogen (secondary N) is 1. The molecule has 0 aromatic heterocycles. The van der Waals surface area contributed by atoms with Crippen LogP contribution >= 0.6 is 0 Å². The number of carbonyl (C=O) groups excluding carboxylic acids is 1. The van der Waals surface area contributed by atoms with Crippen molar-refractivity contribution >= 4 is 5.97 Å². The molecule has 0 unspecified atom stereocenters. The highest BCUT2D eigenvalue weighted by Crippen LogP contribution is 2.43. The molecule has 1 aromatic carbocycles. The number of hydrogen-bond acceptors (Lipinski definition) is 5. The smallest absolute Gasteiger partial charge is 0.323 e. The van der Waals surface area contributed by atoms with Crippen LogP contribution in [-0.2, 0) is 9.53 Å². The van der Waals surface area contributed by atoms with Crippen LogP contribution < -0.4 is 10.1 Å². The molecule has 0 spiro atoms. The van der Waals surface area contributed by atoms with E-state index in [0.717, 1.165) is 11.3 Å². The standard InChI is InChI=1S/C15H16N2O3/c1-8-14(18)19-13-12(17-8)10-6-9(7-16)4-5-11(10)20-15(13,2)3/h4-6,8,12-13,17H,1-3H3/t8-,12+,13-/m0/s1. The fourth-order valence-electron chi connectivity index (χ4n) is 2.81. The van der Waals surface area contributed by atoms with Crippen molar-refractivity contribution in [1.29, 1.82) is 5.26 Å². The van der Waals surface area contributed by atoms with Crippen molar-refractivity contribution in [3.8, 4) is 11.8 Å². The van der Waals surface area contributed by atoms with E-state index in [0.29, 0.717) is 5.56 Å². The molecule has 2 aliphatic heterocycles. The largest absolute Gasteiger partial charge is 0.484 e. The van der Waals surface area contributed by atoms with Crippen LogP contribution in [0, 0.1) is 11.3 Å². The topological polar surface area (TPSA) is 71.3 Å². The quantitative estimate of drug-likeness (QED) is 0.727. The highest BCUT2D eigenvalue weighted by molar-refractivity contribution is 5.77. The summed E-state index contributed by atoms with van der Waals surface area (Å²) in [7, 11) is 0. The summed E-state index contributed by atoms with van der Waals surface area (Å²) in [5, 5.41) is 12.3. The lowest BCUT2D eigenvalue weighted by molar-refractivity contribution is -0.177.